The van der Waals surface area contributed by atoms with Crippen LogP contribution in [0.3, 0.4) is 0 Å². The average Bonchev–Trinajstić information content (AvgIpc) is 2.77. The molecule has 0 unspecified atom stereocenters. The predicted octanol–water partition coefficient (Wildman–Crippen LogP) is 4.85. The van der Waals surface area contributed by atoms with Crippen molar-refractivity contribution in [2.45, 2.75) is 45.4 Å². The van der Waals surface area contributed by atoms with Crippen LogP contribution >= 0.6 is 0 Å². The number of carbonyl (C=O) groups excluding carboxylic acids is 1. The van der Waals surface area contributed by atoms with E-state index in [-0.39, 0.29) is 23.7 Å². The van der Waals surface area contributed by atoms with Crippen molar-refractivity contribution in [1.82, 2.24) is 4.90 Å². The van der Waals surface area contributed by atoms with E-state index in [1.807, 2.05) is 25.7 Å². The number of ether oxygens (including phenoxy) is 1. The van der Waals surface area contributed by atoms with E-state index in [9.17, 15) is 14.7 Å². The minimum atomic E-state index is -0.446. The molecular weight excluding hydrogens is 406 g/mol. The fraction of sp³-hybridized carbons (Fsp3) is 0.385. The molecule has 2 heterocycles. The number of nitrogens with zero attached hydrogens (tertiary/aromatic N) is 1. The summed E-state index contributed by atoms with van der Waals surface area (Å²) < 4.78 is 12.0. The third-order valence-corrected chi connectivity index (χ3v) is 5.81. The second kappa shape index (κ2) is 8.69. The fourth-order valence-corrected chi connectivity index (χ4v) is 4.14. The van der Waals surface area contributed by atoms with Gasteiger partial charge in [0.25, 0.3) is 5.91 Å². The van der Waals surface area contributed by atoms with Crippen LogP contribution in [-0.4, -0.2) is 35.6 Å². The van der Waals surface area contributed by atoms with Crippen molar-refractivity contribution in [2.24, 2.45) is 0 Å². The van der Waals surface area contributed by atoms with Gasteiger partial charge in [-0.3, -0.25) is 9.59 Å². The molecule has 0 radical (unpaired) electrons. The monoisotopic (exact) mass is 435 g/mol. The smallest absolute Gasteiger partial charge is 0.260 e. The molecule has 6 nitrogen and oxygen atoms in total. The normalized spacial score (nSPS) is 14.5. The highest BCUT2D eigenvalue weighted by Crippen LogP contribution is 2.34. The highest BCUT2D eigenvalue weighted by atomic mass is 16.5. The first-order valence-corrected chi connectivity index (χ1v) is 11.1. The summed E-state index contributed by atoms with van der Waals surface area (Å²) in [6.07, 6.45) is 3.22. The minimum absolute atomic E-state index is 0.0286. The molecule has 168 valence electrons. The Morgan fingerprint density at radius 1 is 1.06 bits per heavy atom. The third-order valence-electron chi connectivity index (χ3n) is 5.81. The Morgan fingerprint density at radius 3 is 2.41 bits per heavy atom. The average molecular weight is 436 g/mol. The minimum Gasteiger partial charge on any atom is -0.508 e. The van der Waals surface area contributed by atoms with Gasteiger partial charge in [0, 0.05) is 30.3 Å². The molecule has 2 aromatic carbocycles. The molecule has 1 amide bonds. The molecule has 0 bridgehead atoms. The van der Waals surface area contributed by atoms with E-state index >= 15 is 0 Å². The maximum Gasteiger partial charge on any atom is 0.260 e. The molecule has 1 aromatic heterocycles. The number of fused-ring (bicyclic) bond motifs is 1. The van der Waals surface area contributed by atoms with E-state index in [2.05, 4.69) is 0 Å². The number of likely N-dealkylation sites (tertiary alicyclic amines) is 1. The summed E-state index contributed by atoms with van der Waals surface area (Å²) in [7, 11) is 0. The van der Waals surface area contributed by atoms with Crippen LogP contribution in [0.25, 0.3) is 22.3 Å². The lowest BCUT2D eigenvalue weighted by atomic mass is 9.84. The van der Waals surface area contributed by atoms with Gasteiger partial charge < -0.3 is 19.2 Å². The Bertz CT molecular complexity index is 1180. The zero-order chi connectivity index (χ0) is 22.9. The SMILES string of the molecule is CC(C)(C)c1c(-c2ccc(O)cc2)oc2cc(OCC(=O)N3CCCCC3)ccc2c1=O. The number of benzene rings is 2. The molecule has 1 N–H and O–H groups in total. The van der Waals surface area contributed by atoms with Crippen molar-refractivity contribution in [1.29, 1.82) is 0 Å². The standard InChI is InChI=1S/C26H29NO5/c1-26(2,3)23-24(30)20-12-11-19(31-16-22(29)27-13-5-4-6-14-27)15-21(20)32-25(23)17-7-9-18(28)10-8-17/h7-12,15,28H,4-6,13-14,16H2,1-3H3. The Balaban J connectivity index is 1.70. The molecule has 0 saturated carbocycles. The van der Waals surface area contributed by atoms with Crippen LogP contribution in [0.15, 0.2) is 51.7 Å². The second-order valence-electron chi connectivity index (χ2n) is 9.32. The number of hydrogen-bond donors (Lipinski definition) is 1. The zero-order valence-electron chi connectivity index (χ0n) is 18.8. The quantitative estimate of drug-likeness (QED) is 0.633. The summed E-state index contributed by atoms with van der Waals surface area (Å²) >= 11 is 0. The van der Waals surface area contributed by atoms with Gasteiger partial charge in [0.2, 0.25) is 0 Å². The van der Waals surface area contributed by atoms with Crippen molar-refractivity contribution in [3.8, 4) is 22.8 Å². The van der Waals surface area contributed by atoms with Crippen LogP contribution < -0.4 is 10.2 Å². The molecule has 0 atom stereocenters. The van der Waals surface area contributed by atoms with Gasteiger partial charge in [-0.05, 0) is 61.1 Å². The summed E-state index contributed by atoms with van der Waals surface area (Å²) in [5.74, 6) is 1.06. The molecule has 4 rings (SSSR count). The summed E-state index contributed by atoms with van der Waals surface area (Å²) in [5, 5.41) is 10.1. The first-order chi connectivity index (χ1) is 15.2. The summed E-state index contributed by atoms with van der Waals surface area (Å²) in [4.78, 5) is 27.7. The van der Waals surface area contributed by atoms with Crippen molar-refractivity contribution < 1.29 is 19.1 Å². The number of phenols is 1. The van der Waals surface area contributed by atoms with Gasteiger partial charge in [-0.15, -0.1) is 0 Å². The molecule has 1 fully saturated rings. The van der Waals surface area contributed by atoms with E-state index in [4.69, 9.17) is 9.15 Å². The van der Waals surface area contributed by atoms with Gasteiger partial charge in [-0.1, -0.05) is 20.8 Å². The summed E-state index contributed by atoms with van der Waals surface area (Å²) in [6, 6.07) is 11.7. The van der Waals surface area contributed by atoms with E-state index in [0.29, 0.717) is 33.6 Å². The Kier molecular flexibility index (Phi) is 5.96. The van der Waals surface area contributed by atoms with Crippen LogP contribution in [0.2, 0.25) is 0 Å². The topological polar surface area (TPSA) is 80.0 Å². The van der Waals surface area contributed by atoms with Gasteiger partial charge in [0.1, 0.15) is 22.8 Å². The van der Waals surface area contributed by atoms with Crippen LogP contribution in [0.1, 0.15) is 45.6 Å². The highest BCUT2D eigenvalue weighted by Gasteiger charge is 2.26. The number of hydrogen-bond acceptors (Lipinski definition) is 5. The summed E-state index contributed by atoms with van der Waals surface area (Å²) in [6.45, 7) is 7.43. The number of piperidine rings is 1. The predicted molar refractivity (Wildman–Crippen MR) is 124 cm³/mol. The lowest BCUT2D eigenvalue weighted by Gasteiger charge is -2.26. The number of amides is 1. The molecule has 3 aromatic rings. The second-order valence-corrected chi connectivity index (χ2v) is 9.32. The molecule has 6 heteroatoms. The van der Waals surface area contributed by atoms with E-state index in [0.717, 1.165) is 32.4 Å². The van der Waals surface area contributed by atoms with Gasteiger partial charge in [-0.25, -0.2) is 0 Å². The molecule has 1 aliphatic rings. The maximum atomic E-state index is 13.4. The lowest BCUT2D eigenvalue weighted by molar-refractivity contribution is -0.134. The van der Waals surface area contributed by atoms with Gasteiger partial charge in [-0.2, -0.15) is 0 Å². The number of phenolic OH excluding ortho intramolecular Hbond substituents is 1. The number of aromatic hydroxyl groups is 1. The van der Waals surface area contributed by atoms with Crippen molar-refractivity contribution in [3.05, 3.63) is 58.3 Å². The molecule has 32 heavy (non-hydrogen) atoms. The number of rotatable bonds is 4. The molecule has 0 spiro atoms. The van der Waals surface area contributed by atoms with E-state index < -0.39 is 5.41 Å². The van der Waals surface area contributed by atoms with Gasteiger partial charge >= 0.3 is 0 Å². The largest absolute Gasteiger partial charge is 0.508 e. The van der Waals surface area contributed by atoms with Crippen LogP contribution in [-0.2, 0) is 10.2 Å². The van der Waals surface area contributed by atoms with Crippen molar-refractivity contribution >= 4 is 16.9 Å². The van der Waals surface area contributed by atoms with E-state index in [1.165, 1.54) is 0 Å². The van der Waals surface area contributed by atoms with E-state index in [1.54, 1.807) is 42.5 Å². The zero-order valence-corrected chi connectivity index (χ0v) is 18.8. The maximum absolute atomic E-state index is 13.4. The number of carbonyl (C=O) groups is 1. The highest BCUT2D eigenvalue weighted by molar-refractivity contribution is 5.83. The summed E-state index contributed by atoms with van der Waals surface area (Å²) in [5.41, 5.74) is 1.13. The molecular formula is C26H29NO5. The van der Waals surface area contributed by atoms with Gasteiger partial charge in [0.15, 0.2) is 12.0 Å². The van der Waals surface area contributed by atoms with Gasteiger partial charge in [0.05, 0.1) is 5.39 Å². The first kappa shape index (κ1) is 21.9. The van der Waals surface area contributed by atoms with Crippen LogP contribution in [0, 0.1) is 0 Å². The van der Waals surface area contributed by atoms with Crippen molar-refractivity contribution in [3.63, 3.8) is 0 Å². The third kappa shape index (κ3) is 4.49. The van der Waals surface area contributed by atoms with Crippen molar-refractivity contribution in [2.75, 3.05) is 19.7 Å². The Hall–Kier alpha value is -3.28. The molecule has 1 aliphatic heterocycles. The Morgan fingerprint density at radius 2 is 1.75 bits per heavy atom. The Labute approximate surface area is 187 Å². The first-order valence-electron chi connectivity index (χ1n) is 11.1. The molecule has 1 saturated heterocycles. The lowest BCUT2D eigenvalue weighted by Crippen LogP contribution is -2.38. The molecule has 0 aliphatic carbocycles. The van der Waals surface area contributed by atoms with Crippen LogP contribution in [0.5, 0.6) is 11.5 Å². The fourth-order valence-electron chi connectivity index (χ4n) is 4.14. The van der Waals surface area contributed by atoms with Crippen LogP contribution in [0.4, 0.5) is 0 Å².